The number of imidazole rings is 1. The number of para-hydroxylation sites is 1. The zero-order valence-corrected chi connectivity index (χ0v) is 21.3. The molecular formula is C35H22N2S. The van der Waals surface area contributed by atoms with E-state index in [0.29, 0.717) is 0 Å². The molecule has 0 aliphatic rings. The van der Waals surface area contributed by atoms with Crippen molar-refractivity contribution in [1.82, 2.24) is 9.55 Å². The van der Waals surface area contributed by atoms with Crippen molar-refractivity contribution in [2.75, 3.05) is 0 Å². The molecule has 2 heterocycles. The Morgan fingerprint density at radius 2 is 1.24 bits per heavy atom. The number of hydrogen-bond acceptors (Lipinski definition) is 2. The van der Waals surface area contributed by atoms with Gasteiger partial charge in [-0.1, -0.05) is 109 Å². The number of nitrogens with zero attached hydrogens (tertiary/aromatic N) is 2. The summed E-state index contributed by atoms with van der Waals surface area (Å²) in [6.45, 7) is 0. The first kappa shape index (κ1) is 21.4. The van der Waals surface area contributed by atoms with Crippen LogP contribution in [-0.4, -0.2) is 9.55 Å². The fourth-order valence-corrected chi connectivity index (χ4v) is 6.90. The number of aromatic nitrogens is 2. The van der Waals surface area contributed by atoms with Gasteiger partial charge in [-0.2, -0.15) is 0 Å². The smallest absolute Gasteiger partial charge is 0.147 e. The van der Waals surface area contributed by atoms with Crippen LogP contribution in [0.2, 0.25) is 0 Å². The van der Waals surface area contributed by atoms with E-state index in [1.165, 1.54) is 42.1 Å². The molecule has 0 saturated carbocycles. The van der Waals surface area contributed by atoms with Crippen molar-refractivity contribution in [3.8, 4) is 28.2 Å². The van der Waals surface area contributed by atoms with Crippen LogP contribution in [0.3, 0.4) is 0 Å². The Balaban J connectivity index is 1.52. The average Bonchev–Trinajstić information content (AvgIpc) is 3.57. The standard InChI is InChI=1S/C35H22N2S/c1-2-11-23(12-3-1)25-14-6-8-19-30(25)37-31-22-21-24-13-4-5-15-26(24)33(31)36-35(37)29-18-10-17-28-27-16-7-9-20-32(27)38-34(28)29/h1-22H. The number of fused-ring (bicyclic) bond motifs is 6. The summed E-state index contributed by atoms with van der Waals surface area (Å²) in [4.78, 5) is 5.41. The van der Waals surface area contributed by atoms with E-state index in [0.717, 1.165) is 28.1 Å². The molecule has 0 N–H and O–H groups in total. The third-order valence-corrected chi connectivity index (χ3v) is 8.64. The van der Waals surface area contributed by atoms with Gasteiger partial charge < -0.3 is 0 Å². The lowest BCUT2D eigenvalue weighted by Crippen LogP contribution is -2.00. The Labute approximate surface area is 224 Å². The predicted molar refractivity (Wildman–Crippen MR) is 162 cm³/mol. The average molecular weight is 503 g/mol. The van der Waals surface area contributed by atoms with Crippen LogP contribution in [0.1, 0.15) is 0 Å². The van der Waals surface area contributed by atoms with Gasteiger partial charge in [-0.25, -0.2) is 4.98 Å². The maximum absolute atomic E-state index is 5.41. The van der Waals surface area contributed by atoms with Crippen molar-refractivity contribution in [2.24, 2.45) is 0 Å². The summed E-state index contributed by atoms with van der Waals surface area (Å²) in [7, 11) is 0. The molecule has 0 aliphatic carbocycles. The Bertz CT molecular complexity index is 2130. The lowest BCUT2D eigenvalue weighted by atomic mass is 10.0. The maximum Gasteiger partial charge on any atom is 0.147 e. The molecule has 0 amide bonds. The fraction of sp³-hybridized carbons (Fsp3) is 0. The van der Waals surface area contributed by atoms with Crippen LogP contribution >= 0.6 is 11.3 Å². The molecular weight excluding hydrogens is 480 g/mol. The molecule has 2 aromatic heterocycles. The second kappa shape index (κ2) is 8.41. The Kier molecular flexibility index (Phi) is 4.73. The highest BCUT2D eigenvalue weighted by molar-refractivity contribution is 7.26. The summed E-state index contributed by atoms with van der Waals surface area (Å²) in [6, 6.07) is 47.6. The van der Waals surface area contributed by atoms with Gasteiger partial charge in [0.25, 0.3) is 0 Å². The summed E-state index contributed by atoms with van der Waals surface area (Å²) in [5.41, 5.74) is 6.80. The Hall–Kier alpha value is -4.73. The molecule has 0 bridgehead atoms. The quantitative estimate of drug-likeness (QED) is 0.235. The normalized spacial score (nSPS) is 11.7. The highest BCUT2D eigenvalue weighted by Crippen LogP contribution is 2.42. The second-order valence-electron chi connectivity index (χ2n) is 9.59. The van der Waals surface area contributed by atoms with E-state index in [9.17, 15) is 0 Å². The largest absolute Gasteiger partial charge is 0.292 e. The molecule has 0 saturated heterocycles. The van der Waals surface area contributed by atoms with Gasteiger partial charge >= 0.3 is 0 Å². The summed E-state index contributed by atoms with van der Waals surface area (Å²) >= 11 is 1.85. The Morgan fingerprint density at radius 3 is 2.16 bits per heavy atom. The van der Waals surface area contributed by atoms with Crippen LogP contribution in [0.25, 0.3) is 70.2 Å². The van der Waals surface area contributed by atoms with Crippen LogP contribution < -0.4 is 0 Å². The molecule has 8 aromatic rings. The summed E-state index contributed by atoms with van der Waals surface area (Å²) in [5.74, 6) is 0.969. The Morgan fingerprint density at radius 1 is 0.526 bits per heavy atom. The molecule has 0 radical (unpaired) electrons. The van der Waals surface area contributed by atoms with Crippen LogP contribution in [0.5, 0.6) is 0 Å². The van der Waals surface area contributed by atoms with Crippen LogP contribution in [0, 0.1) is 0 Å². The molecule has 38 heavy (non-hydrogen) atoms. The summed E-state index contributed by atoms with van der Waals surface area (Å²) in [5, 5.41) is 4.95. The van der Waals surface area contributed by atoms with E-state index >= 15 is 0 Å². The minimum atomic E-state index is 0.969. The lowest BCUT2D eigenvalue weighted by Gasteiger charge is -2.15. The van der Waals surface area contributed by atoms with Gasteiger partial charge in [0.15, 0.2) is 0 Å². The summed E-state index contributed by atoms with van der Waals surface area (Å²) in [6.07, 6.45) is 0. The van der Waals surface area contributed by atoms with Crippen molar-refractivity contribution >= 4 is 53.3 Å². The zero-order chi connectivity index (χ0) is 25.1. The number of benzene rings is 6. The number of rotatable bonds is 3. The van der Waals surface area contributed by atoms with Gasteiger partial charge in [0.2, 0.25) is 0 Å². The van der Waals surface area contributed by atoms with Crippen molar-refractivity contribution in [1.29, 1.82) is 0 Å². The van der Waals surface area contributed by atoms with Gasteiger partial charge in [-0.3, -0.25) is 4.57 Å². The van der Waals surface area contributed by atoms with E-state index in [1.807, 2.05) is 11.3 Å². The number of hydrogen-bond donors (Lipinski definition) is 0. The molecule has 6 aromatic carbocycles. The topological polar surface area (TPSA) is 17.8 Å². The first-order chi connectivity index (χ1) is 18.9. The van der Waals surface area contributed by atoms with E-state index in [1.54, 1.807) is 0 Å². The molecule has 0 aliphatic heterocycles. The van der Waals surface area contributed by atoms with Crippen molar-refractivity contribution in [3.63, 3.8) is 0 Å². The van der Waals surface area contributed by atoms with Crippen LogP contribution in [0.4, 0.5) is 0 Å². The molecule has 0 unspecified atom stereocenters. The van der Waals surface area contributed by atoms with Crippen molar-refractivity contribution in [2.45, 2.75) is 0 Å². The molecule has 0 fully saturated rings. The highest BCUT2D eigenvalue weighted by Gasteiger charge is 2.21. The first-order valence-electron chi connectivity index (χ1n) is 12.8. The highest BCUT2D eigenvalue weighted by atomic mass is 32.1. The zero-order valence-electron chi connectivity index (χ0n) is 20.5. The van der Waals surface area contributed by atoms with Crippen LogP contribution in [0.15, 0.2) is 133 Å². The second-order valence-corrected chi connectivity index (χ2v) is 10.6. The maximum atomic E-state index is 5.41. The molecule has 3 heteroatoms. The van der Waals surface area contributed by atoms with E-state index in [-0.39, 0.29) is 0 Å². The van der Waals surface area contributed by atoms with Gasteiger partial charge in [-0.05, 0) is 35.2 Å². The first-order valence-corrected chi connectivity index (χ1v) is 13.6. The molecule has 178 valence electrons. The van der Waals surface area contributed by atoms with Crippen molar-refractivity contribution in [3.05, 3.63) is 133 Å². The lowest BCUT2D eigenvalue weighted by molar-refractivity contribution is 1.11. The van der Waals surface area contributed by atoms with E-state index < -0.39 is 0 Å². The predicted octanol–water partition coefficient (Wildman–Crippen LogP) is 9.88. The van der Waals surface area contributed by atoms with Gasteiger partial charge in [-0.15, -0.1) is 11.3 Å². The minimum Gasteiger partial charge on any atom is -0.292 e. The number of thiophene rings is 1. The van der Waals surface area contributed by atoms with E-state index in [2.05, 4.69) is 138 Å². The van der Waals surface area contributed by atoms with E-state index in [4.69, 9.17) is 4.98 Å². The molecule has 0 atom stereocenters. The minimum absolute atomic E-state index is 0.969. The summed E-state index contributed by atoms with van der Waals surface area (Å²) < 4.78 is 4.93. The van der Waals surface area contributed by atoms with Crippen LogP contribution in [-0.2, 0) is 0 Å². The monoisotopic (exact) mass is 502 g/mol. The van der Waals surface area contributed by atoms with Gasteiger partial charge in [0, 0.05) is 36.7 Å². The van der Waals surface area contributed by atoms with Gasteiger partial charge in [0.05, 0.1) is 16.7 Å². The molecule has 8 rings (SSSR count). The SMILES string of the molecule is c1ccc(-c2ccccc2-n2c(-c3cccc4c3sc3ccccc34)nc3c4ccccc4ccc32)cc1. The van der Waals surface area contributed by atoms with Crippen molar-refractivity contribution < 1.29 is 0 Å². The molecule has 2 nitrogen and oxygen atoms in total. The van der Waals surface area contributed by atoms with Gasteiger partial charge in [0.1, 0.15) is 5.82 Å². The third-order valence-electron chi connectivity index (χ3n) is 7.42. The third kappa shape index (κ3) is 3.16. The molecule has 0 spiro atoms. The fourth-order valence-electron chi connectivity index (χ4n) is 5.69.